The molecule has 3 rings (SSSR count). The van der Waals surface area contributed by atoms with Gasteiger partial charge in [0, 0.05) is 5.69 Å². The summed E-state index contributed by atoms with van der Waals surface area (Å²) in [5.74, 6) is 2.35. The maximum Gasteiger partial charge on any atom is 0.204 e. The summed E-state index contributed by atoms with van der Waals surface area (Å²) in [5.41, 5.74) is 2.47. The topological polar surface area (TPSA) is 45.6 Å². The van der Waals surface area contributed by atoms with E-state index in [0.717, 1.165) is 30.2 Å². The summed E-state index contributed by atoms with van der Waals surface area (Å²) < 4.78 is 8.34. The van der Waals surface area contributed by atoms with Gasteiger partial charge in [-0.05, 0) is 61.4 Å². The summed E-state index contributed by atoms with van der Waals surface area (Å²) in [6.07, 6.45) is 4.67. The third-order valence-electron chi connectivity index (χ3n) is 4.72. The van der Waals surface area contributed by atoms with Crippen molar-refractivity contribution >= 4 is 34.5 Å². The third-order valence-corrected chi connectivity index (χ3v) is 5.23. The van der Waals surface area contributed by atoms with Crippen LogP contribution in [0.15, 0.2) is 59.6 Å². The van der Waals surface area contributed by atoms with Crippen molar-refractivity contribution in [1.29, 1.82) is 0 Å². The van der Waals surface area contributed by atoms with Crippen LogP contribution in [0.2, 0.25) is 0 Å². The fourth-order valence-corrected chi connectivity index (χ4v) is 3.61. The Labute approximate surface area is 163 Å². The van der Waals surface area contributed by atoms with E-state index in [1.54, 1.807) is 7.11 Å². The Hall–Kier alpha value is -1.76. The van der Waals surface area contributed by atoms with Crippen molar-refractivity contribution in [3.05, 3.63) is 60.2 Å². The van der Waals surface area contributed by atoms with E-state index in [2.05, 4.69) is 62.0 Å². The van der Waals surface area contributed by atoms with Crippen LogP contribution < -0.4 is 13.6 Å². The van der Waals surface area contributed by atoms with Crippen molar-refractivity contribution < 1.29 is 4.74 Å². The van der Waals surface area contributed by atoms with Gasteiger partial charge in [0.15, 0.2) is 0 Å². The Balaban J connectivity index is 1.57. The normalized spacial score (nSPS) is 20.8. The molecule has 1 aliphatic rings. The predicted octanol–water partition coefficient (Wildman–Crippen LogP) is 5.13. The monoisotopic (exact) mass is 449 g/mol. The summed E-state index contributed by atoms with van der Waals surface area (Å²) in [6, 6.07) is 19.1. The fraction of sp³-hybridized carbons (Fsp3) is 0.350. The lowest BCUT2D eigenvalue weighted by Gasteiger charge is -2.27. The first-order valence-corrected chi connectivity index (χ1v) is 9.77. The van der Waals surface area contributed by atoms with Crippen LogP contribution in [-0.4, -0.2) is 19.1 Å². The van der Waals surface area contributed by atoms with Crippen LogP contribution in [0.4, 0.5) is 5.69 Å². The zero-order valence-corrected chi connectivity index (χ0v) is 16.6. The van der Waals surface area contributed by atoms with Gasteiger partial charge in [-0.15, -0.1) is 0 Å². The van der Waals surface area contributed by atoms with Crippen molar-refractivity contribution in [2.24, 2.45) is 4.99 Å². The van der Waals surface area contributed by atoms with Gasteiger partial charge in [0.25, 0.3) is 0 Å². The smallest absolute Gasteiger partial charge is 0.204 e. The second-order valence-corrected chi connectivity index (χ2v) is 6.88. The number of guanidine groups is 1. The van der Waals surface area contributed by atoms with Gasteiger partial charge in [-0.1, -0.05) is 30.3 Å². The molecule has 1 aliphatic carbocycles. The molecule has 0 saturated heterocycles. The van der Waals surface area contributed by atoms with Crippen LogP contribution in [0.5, 0.6) is 5.75 Å². The summed E-state index contributed by atoms with van der Waals surface area (Å²) in [5, 5.41) is 3.35. The molecule has 0 heterocycles. The number of ether oxygens (including phenoxy) is 1. The average molecular weight is 449 g/mol. The second kappa shape index (κ2) is 9.08. The van der Waals surface area contributed by atoms with Crippen molar-refractivity contribution in [1.82, 2.24) is 3.53 Å². The van der Waals surface area contributed by atoms with Gasteiger partial charge in [-0.3, -0.25) is 3.53 Å². The Kier molecular flexibility index (Phi) is 6.55. The van der Waals surface area contributed by atoms with Crippen molar-refractivity contribution in [2.75, 3.05) is 12.4 Å². The van der Waals surface area contributed by atoms with Gasteiger partial charge >= 0.3 is 0 Å². The largest absolute Gasteiger partial charge is 0.497 e. The van der Waals surface area contributed by atoms with Crippen molar-refractivity contribution in [2.45, 2.75) is 37.6 Å². The first-order valence-electron chi connectivity index (χ1n) is 8.69. The highest BCUT2D eigenvalue weighted by atomic mass is 127. The number of methoxy groups -OCH3 is 1. The molecule has 2 aromatic carbocycles. The summed E-state index contributed by atoms with van der Waals surface area (Å²) in [7, 11) is 1.67. The molecule has 0 spiro atoms. The number of anilines is 1. The number of benzene rings is 2. The highest BCUT2D eigenvalue weighted by Gasteiger charge is 2.22. The molecule has 0 aliphatic heterocycles. The molecule has 0 unspecified atom stereocenters. The van der Waals surface area contributed by atoms with Gasteiger partial charge in [0.1, 0.15) is 5.75 Å². The average Bonchev–Trinajstić information content (AvgIpc) is 2.69. The molecule has 0 aromatic heterocycles. The number of rotatable bonds is 4. The van der Waals surface area contributed by atoms with E-state index in [4.69, 9.17) is 9.73 Å². The molecular weight excluding hydrogens is 425 g/mol. The molecule has 5 heteroatoms. The second-order valence-electron chi connectivity index (χ2n) is 6.34. The molecule has 1 fully saturated rings. The zero-order valence-electron chi connectivity index (χ0n) is 14.4. The van der Waals surface area contributed by atoms with Crippen molar-refractivity contribution in [3.8, 4) is 5.75 Å². The number of nitrogens with zero attached hydrogens (tertiary/aromatic N) is 1. The van der Waals surface area contributed by atoms with E-state index in [9.17, 15) is 0 Å². The highest BCUT2D eigenvalue weighted by molar-refractivity contribution is 14.1. The number of hydrogen-bond donors (Lipinski definition) is 2. The van der Waals surface area contributed by atoms with E-state index < -0.39 is 0 Å². The van der Waals surface area contributed by atoms with Crippen LogP contribution in [-0.2, 0) is 0 Å². The first kappa shape index (κ1) is 18.0. The van der Waals surface area contributed by atoms with Crippen LogP contribution in [0.25, 0.3) is 0 Å². The molecule has 25 heavy (non-hydrogen) atoms. The Morgan fingerprint density at radius 2 is 1.68 bits per heavy atom. The maximum absolute atomic E-state index is 5.19. The Bertz CT molecular complexity index is 680. The lowest BCUT2D eigenvalue weighted by Crippen LogP contribution is -2.27. The highest BCUT2D eigenvalue weighted by Crippen LogP contribution is 2.33. The van der Waals surface area contributed by atoms with E-state index in [-0.39, 0.29) is 0 Å². The Morgan fingerprint density at radius 1 is 1.00 bits per heavy atom. The van der Waals surface area contributed by atoms with E-state index in [0.29, 0.717) is 12.0 Å². The predicted molar refractivity (Wildman–Crippen MR) is 113 cm³/mol. The van der Waals surface area contributed by atoms with Gasteiger partial charge in [-0.25, -0.2) is 4.99 Å². The quantitative estimate of drug-likeness (QED) is 0.295. The molecule has 0 bridgehead atoms. The van der Waals surface area contributed by atoms with Crippen LogP contribution in [0, 0.1) is 0 Å². The summed E-state index contributed by atoms with van der Waals surface area (Å²) >= 11 is 2.13. The van der Waals surface area contributed by atoms with E-state index in [1.807, 2.05) is 24.3 Å². The number of halogens is 1. The van der Waals surface area contributed by atoms with Crippen molar-refractivity contribution in [3.63, 3.8) is 0 Å². The standard InChI is InChI=1S/C20H24IN3O/c1-25-19-13-11-18(12-14-19)23-20(24-21)22-17-9-7-16(8-10-17)15-5-3-2-4-6-15/h2-6,11-14,16-17H,7-10H2,1H3,(H2,22,23,24). The zero-order chi connectivity index (χ0) is 17.5. The molecule has 0 amide bonds. The lowest BCUT2D eigenvalue weighted by molar-refractivity contribution is 0.397. The van der Waals surface area contributed by atoms with Gasteiger partial charge in [0.2, 0.25) is 5.96 Å². The van der Waals surface area contributed by atoms with E-state index >= 15 is 0 Å². The first-order chi connectivity index (χ1) is 12.3. The Morgan fingerprint density at radius 3 is 2.28 bits per heavy atom. The SMILES string of the molecule is COc1ccc(NC(=NC2CCC(c3ccccc3)CC2)NI)cc1. The molecule has 2 aromatic rings. The molecule has 4 nitrogen and oxygen atoms in total. The van der Waals surface area contributed by atoms with Gasteiger partial charge in [-0.2, -0.15) is 0 Å². The molecule has 132 valence electrons. The van der Waals surface area contributed by atoms with Crippen LogP contribution >= 0.6 is 22.9 Å². The number of aliphatic imine (C=N–C) groups is 1. The minimum absolute atomic E-state index is 0.378. The van der Waals surface area contributed by atoms with E-state index in [1.165, 1.54) is 18.4 Å². The minimum Gasteiger partial charge on any atom is -0.497 e. The number of nitrogens with one attached hydrogen (secondary N) is 2. The lowest BCUT2D eigenvalue weighted by atomic mass is 9.82. The molecule has 0 atom stereocenters. The van der Waals surface area contributed by atoms with Gasteiger partial charge in [0.05, 0.1) is 36.0 Å². The van der Waals surface area contributed by atoms with Crippen LogP contribution in [0.3, 0.4) is 0 Å². The fourth-order valence-electron chi connectivity index (χ4n) is 3.34. The molecule has 2 N–H and O–H groups in total. The minimum atomic E-state index is 0.378. The van der Waals surface area contributed by atoms with Gasteiger partial charge < -0.3 is 10.1 Å². The molecule has 1 saturated carbocycles. The number of hydrogen-bond acceptors (Lipinski definition) is 2. The molecule has 0 radical (unpaired) electrons. The molecular formula is C20H24IN3O. The maximum atomic E-state index is 5.19. The summed E-state index contributed by atoms with van der Waals surface area (Å²) in [6.45, 7) is 0. The third kappa shape index (κ3) is 5.11. The van der Waals surface area contributed by atoms with Crippen LogP contribution in [0.1, 0.15) is 37.2 Å². The summed E-state index contributed by atoms with van der Waals surface area (Å²) in [4.78, 5) is 4.88.